The second kappa shape index (κ2) is 5.21. The summed E-state index contributed by atoms with van der Waals surface area (Å²) in [7, 11) is 0. The Kier molecular flexibility index (Phi) is 3.80. The smallest absolute Gasteiger partial charge is 0.352 e. The third-order valence-corrected chi connectivity index (χ3v) is 2.75. The molecule has 1 aliphatic heterocycles. The zero-order valence-electron chi connectivity index (χ0n) is 9.86. The van der Waals surface area contributed by atoms with Gasteiger partial charge in [0.25, 0.3) is 0 Å². The van der Waals surface area contributed by atoms with E-state index in [4.69, 9.17) is 4.74 Å². The monoisotopic (exact) mass is 276 g/mol. The van der Waals surface area contributed by atoms with Crippen LogP contribution in [0, 0.1) is 0 Å². The average molecular weight is 276 g/mol. The second-order valence-electron chi connectivity index (χ2n) is 4.17. The molecule has 0 aromatic heterocycles. The predicted molar refractivity (Wildman–Crippen MR) is 60.0 cm³/mol. The Morgan fingerprint density at radius 3 is 2.47 bits per heavy atom. The summed E-state index contributed by atoms with van der Waals surface area (Å²) in [6.07, 6.45) is -1.34. The number of benzene rings is 1. The van der Waals surface area contributed by atoms with Gasteiger partial charge >= 0.3 is 11.8 Å². The minimum atomic E-state index is -4.28. The van der Waals surface area contributed by atoms with Crippen molar-refractivity contribution in [2.45, 2.75) is 24.6 Å². The van der Waals surface area contributed by atoms with E-state index in [-0.39, 0.29) is 12.7 Å². The van der Waals surface area contributed by atoms with Gasteiger partial charge in [-0.25, -0.2) is 0 Å². The van der Waals surface area contributed by atoms with E-state index < -0.39 is 24.6 Å². The van der Waals surface area contributed by atoms with Gasteiger partial charge in [-0.3, -0.25) is 0 Å². The van der Waals surface area contributed by atoms with Crippen molar-refractivity contribution in [3.05, 3.63) is 48.2 Å². The van der Waals surface area contributed by atoms with Crippen molar-refractivity contribution >= 4 is 0 Å². The van der Waals surface area contributed by atoms with Crippen LogP contribution >= 0.6 is 0 Å². The molecule has 0 saturated heterocycles. The first-order valence-corrected chi connectivity index (χ1v) is 5.64. The van der Waals surface area contributed by atoms with E-state index in [0.29, 0.717) is 6.26 Å². The van der Waals surface area contributed by atoms with Gasteiger partial charge in [0.15, 0.2) is 6.10 Å². The Morgan fingerprint density at radius 1 is 1.11 bits per heavy atom. The van der Waals surface area contributed by atoms with E-state index in [2.05, 4.69) is 4.74 Å². The first-order valence-electron chi connectivity index (χ1n) is 5.64. The van der Waals surface area contributed by atoms with Crippen molar-refractivity contribution in [3.63, 3.8) is 0 Å². The van der Waals surface area contributed by atoms with E-state index in [1.807, 2.05) is 0 Å². The SMILES string of the molecule is FC1(F)C=CO[C@H](COCc2ccccc2)C1(F)F. The van der Waals surface area contributed by atoms with Gasteiger partial charge in [0.2, 0.25) is 0 Å². The van der Waals surface area contributed by atoms with Crippen LogP contribution in [-0.4, -0.2) is 24.6 Å². The molecule has 0 radical (unpaired) electrons. The number of allylic oxidation sites excluding steroid dienone is 1. The molecule has 0 aliphatic carbocycles. The first-order chi connectivity index (χ1) is 8.93. The lowest BCUT2D eigenvalue weighted by molar-refractivity contribution is -0.252. The summed E-state index contributed by atoms with van der Waals surface area (Å²) in [6, 6.07) is 8.82. The molecule has 1 heterocycles. The van der Waals surface area contributed by atoms with Gasteiger partial charge in [-0.2, -0.15) is 17.6 Å². The number of rotatable bonds is 4. The van der Waals surface area contributed by atoms with Crippen LogP contribution < -0.4 is 0 Å². The fraction of sp³-hybridized carbons (Fsp3) is 0.385. The summed E-state index contributed by atoms with van der Waals surface area (Å²) in [5.41, 5.74) is 0.768. The van der Waals surface area contributed by atoms with E-state index in [1.165, 1.54) is 0 Å². The molecule has 0 unspecified atom stereocenters. The van der Waals surface area contributed by atoms with Crippen LogP contribution in [0.25, 0.3) is 0 Å². The van der Waals surface area contributed by atoms with Crippen molar-refractivity contribution in [2.75, 3.05) is 6.61 Å². The van der Waals surface area contributed by atoms with Gasteiger partial charge in [0.1, 0.15) is 0 Å². The third-order valence-electron chi connectivity index (χ3n) is 2.75. The summed E-state index contributed by atoms with van der Waals surface area (Å²) in [5, 5.41) is 0. The minimum absolute atomic E-state index is 0.0562. The zero-order chi connectivity index (χ0) is 13.9. The summed E-state index contributed by atoms with van der Waals surface area (Å²) in [4.78, 5) is 0. The fourth-order valence-electron chi connectivity index (χ4n) is 1.63. The maximum Gasteiger partial charge on any atom is 0.352 e. The van der Waals surface area contributed by atoms with Gasteiger partial charge in [-0.05, 0) is 5.56 Å². The van der Waals surface area contributed by atoms with E-state index in [1.54, 1.807) is 30.3 Å². The van der Waals surface area contributed by atoms with Gasteiger partial charge in [-0.1, -0.05) is 30.3 Å². The van der Waals surface area contributed by atoms with Crippen LogP contribution in [0.3, 0.4) is 0 Å². The Balaban J connectivity index is 1.91. The summed E-state index contributed by atoms with van der Waals surface area (Å²) in [5.74, 6) is -8.50. The molecular weight excluding hydrogens is 264 g/mol. The molecule has 1 aromatic carbocycles. The van der Waals surface area contributed by atoms with E-state index in [9.17, 15) is 17.6 Å². The number of ether oxygens (including phenoxy) is 2. The molecule has 1 aliphatic rings. The molecule has 1 aromatic rings. The summed E-state index contributed by atoms with van der Waals surface area (Å²) in [6.45, 7) is -0.548. The first kappa shape index (κ1) is 13.9. The zero-order valence-corrected chi connectivity index (χ0v) is 9.86. The average Bonchev–Trinajstić information content (AvgIpc) is 2.36. The van der Waals surface area contributed by atoms with Gasteiger partial charge in [0.05, 0.1) is 19.5 Å². The fourth-order valence-corrected chi connectivity index (χ4v) is 1.63. The van der Waals surface area contributed by atoms with Crippen LogP contribution in [0.5, 0.6) is 0 Å². The topological polar surface area (TPSA) is 18.5 Å². The second-order valence-corrected chi connectivity index (χ2v) is 4.17. The number of halogens is 4. The molecule has 0 bridgehead atoms. The lowest BCUT2D eigenvalue weighted by Crippen LogP contribution is -2.53. The van der Waals surface area contributed by atoms with Crippen LogP contribution in [0.1, 0.15) is 5.56 Å². The van der Waals surface area contributed by atoms with Crippen molar-refractivity contribution in [3.8, 4) is 0 Å². The Bertz CT molecular complexity index is 445. The largest absolute Gasteiger partial charge is 0.489 e. The molecule has 19 heavy (non-hydrogen) atoms. The van der Waals surface area contributed by atoms with Crippen LogP contribution in [-0.2, 0) is 16.1 Å². The Hall–Kier alpha value is -1.56. The van der Waals surface area contributed by atoms with Crippen molar-refractivity contribution < 1.29 is 27.0 Å². The lowest BCUT2D eigenvalue weighted by atomic mass is 10.0. The number of hydrogen-bond donors (Lipinski definition) is 0. The number of hydrogen-bond acceptors (Lipinski definition) is 2. The molecular formula is C13H12F4O2. The minimum Gasteiger partial charge on any atom is -0.489 e. The Labute approximate surface area is 107 Å². The van der Waals surface area contributed by atoms with Crippen LogP contribution in [0.15, 0.2) is 42.7 Å². The molecule has 2 nitrogen and oxygen atoms in total. The van der Waals surface area contributed by atoms with Crippen LogP contribution in [0.4, 0.5) is 17.6 Å². The standard InChI is InChI=1S/C13H12F4O2/c14-12(15)6-7-19-11(13(12,16)17)9-18-8-10-4-2-1-3-5-10/h1-7,11H,8-9H2/t11-/m1/s1. The summed E-state index contributed by atoms with van der Waals surface area (Å²) >= 11 is 0. The molecule has 0 spiro atoms. The molecule has 0 amide bonds. The molecule has 2 rings (SSSR count). The van der Waals surface area contributed by atoms with Crippen molar-refractivity contribution in [2.24, 2.45) is 0 Å². The molecule has 0 N–H and O–H groups in total. The third kappa shape index (κ3) is 2.89. The highest BCUT2D eigenvalue weighted by Gasteiger charge is 2.62. The maximum absolute atomic E-state index is 13.4. The van der Waals surface area contributed by atoms with E-state index in [0.717, 1.165) is 5.56 Å². The molecule has 1 atom stereocenters. The normalized spacial score (nSPS) is 23.9. The summed E-state index contributed by atoms with van der Waals surface area (Å²) < 4.78 is 62.3. The van der Waals surface area contributed by atoms with Gasteiger partial charge in [0, 0.05) is 6.08 Å². The van der Waals surface area contributed by atoms with Gasteiger partial charge in [-0.15, -0.1) is 0 Å². The highest BCUT2D eigenvalue weighted by molar-refractivity contribution is 5.13. The predicted octanol–water partition coefficient (Wildman–Crippen LogP) is 3.39. The maximum atomic E-state index is 13.4. The quantitative estimate of drug-likeness (QED) is 0.785. The lowest BCUT2D eigenvalue weighted by Gasteiger charge is -2.33. The van der Waals surface area contributed by atoms with E-state index >= 15 is 0 Å². The van der Waals surface area contributed by atoms with Crippen molar-refractivity contribution in [1.29, 1.82) is 0 Å². The number of alkyl halides is 4. The molecule has 6 heteroatoms. The highest BCUT2D eigenvalue weighted by atomic mass is 19.3. The molecule has 0 saturated carbocycles. The van der Waals surface area contributed by atoms with Crippen molar-refractivity contribution in [1.82, 2.24) is 0 Å². The molecule has 0 fully saturated rings. The Morgan fingerprint density at radius 2 is 1.79 bits per heavy atom. The molecule has 104 valence electrons. The highest BCUT2D eigenvalue weighted by Crippen LogP contribution is 2.42. The van der Waals surface area contributed by atoms with Gasteiger partial charge < -0.3 is 9.47 Å². The van der Waals surface area contributed by atoms with Crippen LogP contribution in [0.2, 0.25) is 0 Å².